The van der Waals surface area contributed by atoms with Gasteiger partial charge < -0.3 is 15.5 Å². The summed E-state index contributed by atoms with van der Waals surface area (Å²) in [6, 6.07) is 13.4. The Morgan fingerprint density at radius 1 is 1.04 bits per heavy atom. The van der Waals surface area contributed by atoms with Crippen LogP contribution in [0, 0.1) is 0 Å². The summed E-state index contributed by atoms with van der Waals surface area (Å²) in [6.07, 6.45) is 2.38. The van der Waals surface area contributed by atoms with Gasteiger partial charge >= 0.3 is 6.03 Å². The van der Waals surface area contributed by atoms with Crippen molar-refractivity contribution < 1.29 is 13.2 Å². The molecule has 0 bridgehead atoms. The lowest BCUT2D eigenvalue weighted by atomic mass is 10.1. The summed E-state index contributed by atoms with van der Waals surface area (Å²) in [7, 11) is -3.74. The number of nitrogens with one attached hydrogen (secondary N) is 2. The first kappa shape index (κ1) is 18.2. The lowest BCUT2D eigenvalue weighted by molar-refractivity contribution is 0.252. The quantitative estimate of drug-likeness (QED) is 0.746. The van der Waals surface area contributed by atoms with Gasteiger partial charge in [-0.1, -0.05) is 18.2 Å². The number of para-hydroxylation sites is 1. The monoisotopic (exact) mass is 374 g/mol. The number of anilines is 2. The molecule has 2 aromatic carbocycles. The van der Waals surface area contributed by atoms with E-state index in [4.69, 9.17) is 5.14 Å². The second-order valence-electron chi connectivity index (χ2n) is 6.20. The van der Waals surface area contributed by atoms with Gasteiger partial charge in [-0.05, 0) is 48.7 Å². The topological polar surface area (TPSA) is 105 Å². The highest BCUT2D eigenvalue weighted by atomic mass is 32.2. The van der Waals surface area contributed by atoms with Crippen molar-refractivity contribution in [3.8, 4) is 0 Å². The van der Waals surface area contributed by atoms with Crippen molar-refractivity contribution in [2.45, 2.75) is 24.3 Å². The van der Waals surface area contributed by atoms with Crippen molar-refractivity contribution in [1.82, 2.24) is 5.32 Å². The number of primary sulfonamides is 1. The van der Waals surface area contributed by atoms with E-state index in [9.17, 15) is 13.2 Å². The molecule has 0 saturated carbocycles. The molecule has 1 saturated heterocycles. The highest BCUT2D eigenvalue weighted by Crippen LogP contribution is 2.24. The molecule has 138 valence electrons. The van der Waals surface area contributed by atoms with Crippen molar-refractivity contribution in [3.63, 3.8) is 0 Å². The summed E-state index contributed by atoms with van der Waals surface area (Å²) >= 11 is 0. The highest BCUT2D eigenvalue weighted by molar-refractivity contribution is 7.89. The third kappa shape index (κ3) is 4.53. The predicted octanol–water partition coefficient (Wildman–Crippen LogP) is 2.26. The van der Waals surface area contributed by atoms with Crippen molar-refractivity contribution in [1.29, 1.82) is 0 Å². The van der Waals surface area contributed by atoms with E-state index in [1.54, 1.807) is 0 Å². The largest absolute Gasteiger partial charge is 0.371 e. The first-order chi connectivity index (χ1) is 12.4. The maximum absolute atomic E-state index is 12.1. The third-order valence-electron chi connectivity index (χ3n) is 4.32. The zero-order valence-corrected chi connectivity index (χ0v) is 15.1. The molecule has 2 aromatic rings. The van der Waals surface area contributed by atoms with Crippen LogP contribution in [0.2, 0.25) is 0 Å². The van der Waals surface area contributed by atoms with Crippen LogP contribution in [0.4, 0.5) is 16.2 Å². The molecular formula is C18H22N4O3S. The number of amides is 2. The number of carbonyl (C=O) groups excluding carboxylic acids is 1. The maximum Gasteiger partial charge on any atom is 0.319 e. The first-order valence-corrected chi connectivity index (χ1v) is 9.99. The van der Waals surface area contributed by atoms with Crippen LogP contribution < -0.4 is 20.7 Å². The van der Waals surface area contributed by atoms with Crippen LogP contribution in [0.3, 0.4) is 0 Å². The van der Waals surface area contributed by atoms with Crippen LogP contribution in [-0.4, -0.2) is 27.5 Å². The molecule has 0 unspecified atom stereocenters. The number of benzene rings is 2. The van der Waals surface area contributed by atoms with Gasteiger partial charge in [0.15, 0.2) is 0 Å². The Morgan fingerprint density at radius 3 is 2.35 bits per heavy atom. The van der Waals surface area contributed by atoms with Crippen LogP contribution >= 0.6 is 0 Å². The van der Waals surface area contributed by atoms with Crippen molar-refractivity contribution >= 4 is 27.4 Å². The van der Waals surface area contributed by atoms with Crippen LogP contribution in [0.5, 0.6) is 0 Å². The van der Waals surface area contributed by atoms with E-state index in [1.807, 2.05) is 18.2 Å². The molecule has 0 atom stereocenters. The van der Waals surface area contributed by atoms with Crippen molar-refractivity contribution in [2.75, 3.05) is 23.3 Å². The van der Waals surface area contributed by atoms with Gasteiger partial charge in [-0.3, -0.25) is 0 Å². The Hall–Kier alpha value is -2.58. The van der Waals surface area contributed by atoms with E-state index < -0.39 is 10.0 Å². The predicted molar refractivity (Wildman–Crippen MR) is 102 cm³/mol. The Bertz CT molecular complexity index is 876. The summed E-state index contributed by atoms with van der Waals surface area (Å²) in [6.45, 7) is 2.49. The molecule has 1 aliphatic heterocycles. The Balaban J connectivity index is 1.59. The number of hydrogen-bond donors (Lipinski definition) is 3. The zero-order chi connectivity index (χ0) is 18.6. The van der Waals surface area contributed by atoms with Gasteiger partial charge in [-0.2, -0.15) is 0 Å². The SMILES string of the molecule is NS(=O)(=O)c1ccc(NC(=O)NCc2ccccc2N2CCCC2)cc1. The molecule has 3 rings (SSSR count). The number of carbonyl (C=O) groups is 1. The summed E-state index contributed by atoms with van der Waals surface area (Å²) in [5.41, 5.74) is 2.71. The fraction of sp³-hybridized carbons (Fsp3) is 0.278. The second kappa shape index (κ2) is 7.76. The van der Waals surface area contributed by atoms with E-state index in [0.717, 1.165) is 24.3 Å². The van der Waals surface area contributed by atoms with Gasteiger partial charge in [0.05, 0.1) is 4.90 Å². The van der Waals surface area contributed by atoms with Crippen molar-refractivity contribution in [3.05, 3.63) is 54.1 Å². The lowest BCUT2D eigenvalue weighted by Gasteiger charge is -2.21. The molecule has 1 aliphatic rings. The normalized spacial score (nSPS) is 14.3. The molecule has 4 N–H and O–H groups in total. The summed E-state index contributed by atoms with van der Waals surface area (Å²) in [5, 5.41) is 10.6. The van der Waals surface area contributed by atoms with E-state index in [0.29, 0.717) is 12.2 Å². The number of hydrogen-bond acceptors (Lipinski definition) is 4. The maximum atomic E-state index is 12.1. The molecule has 7 nitrogen and oxygen atoms in total. The van der Waals surface area contributed by atoms with Gasteiger partial charge in [0, 0.05) is 31.0 Å². The van der Waals surface area contributed by atoms with Gasteiger partial charge in [-0.15, -0.1) is 0 Å². The fourth-order valence-corrected chi connectivity index (χ4v) is 3.52. The average molecular weight is 374 g/mol. The number of sulfonamides is 1. The summed E-state index contributed by atoms with van der Waals surface area (Å²) in [4.78, 5) is 14.5. The Morgan fingerprint density at radius 2 is 1.69 bits per heavy atom. The van der Waals surface area contributed by atoms with E-state index >= 15 is 0 Å². The number of urea groups is 1. The number of nitrogens with two attached hydrogens (primary N) is 1. The molecule has 26 heavy (non-hydrogen) atoms. The summed E-state index contributed by atoms with van der Waals surface area (Å²) in [5.74, 6) is 0. The van der Waals surface area contributed by atoms with Gasteiger partial charge in [0.2, 0.25) is 10.0 Å². The standard InChI is InChI=1S/C18H22N4O3S/c19-26(24,25)16-9-7-15(8-10-16)21-18(23)20-13-14-5-1-2-6-17(14)22-11-3-4-12-22/h1-2,5-10H,3-4,11-13H2,(H2,19,24,25)(H2,20,21,23). The summed E-state index contributed by atoms with van der Waals surface area (Å²) < 4.78 is 22.5. The number of rotatable bonds is 5. The molecule has 0 spiro atoms. The van der Waals surface area contributed by atoms with Crippen LogP contribution in [0.15, 0.2) is 53.4 Å². The van der Waals surface area contributed by atoms with Crippen molar-refractivity contribution in [2.24, 2.45) is 5.14 Å². The Kier molecular flexibility index (Phi) is 5.43. The highest BCUT2D eigenvalue weighted by Gasteiger charge is 2.15. The molecule has 2 amide bonds. The Labute approximate surface area is 153 Å². The molecular weight excluding hydrogens is 352 g/mol. The van der Waals surface area contributed by atoms with Crippen LogP contribution in [0.1, 0.15) is 18.4 Å². The smallest absolute Gasteiger partial charge is 0.319 e. The molecule has 0 radical (unpaired) electrons. The minimum atomic E-state index is -3.74. The van der Waals surface area contributed by atoms with Gasteiger partial charge in [0.1, 0.15) is 0 Å². The molecule has 1 heterocycles. The minimum absolute atomic E-state index is 0.00278. The fourth-order valence-electron chi connectivity index (χ4n) is 3.01. The average Bonchev–Trinajstić information content (AvgIpc) is 3.14. The van der Waals surface area contributed by atoms with E-state index in [-0.39, 0.29) is 10.9 Å². The van der Waals surface area contributed by atoms with E-state index in [2.05, 4.69) is 21.6 Å². The number of nitrogens with zero attached hydrogens (tertiary/aromatic N) is 1. The second-order valence-corrected chi connectivity index (χ2v) is 7.76. The van der Waals surface area contributed by atoms with Gasteiger partial charge in [0.25, 0.3) is 0 Å². The molecule has 8 heteroatoms. The van der Waals surface area contributed by atoms with Crippen LogP contribution in [-0.2, 0) is 16.6 Å². The van der Waals surface area contributed by atoms with Crippen LogP contribution in [0.25, 0.3) is 0 Å². The van der Waals surface area contributed by atoms with E-state index in [1.165, 1.54) is 37.1 Å². The third-order valence-corrected chi connectivity index (χ3v) is 5.25. The molecule has 1 fully saturated rings. The first-order valence-electron chi connectivity index (χ1n) is 8.44. The zero-order valence-electron chi connectivity index (χ0n) is 14.3. The van der Waals surface area contributed by atoms with Gasteiger partial charge in [-0.25, -0.2) is 18.4 Å². The lowest BCUT2D eigenvalue weighted by Crippen LogP contribution is -2.29. The molecule has 0 aromatic heterocycles. The molecule has 0 aliphatic carbocycles. The minimum Gasteiger partial charge on any atom is -0.371 e.